The summed E-state index contributed by atoms with van der Waals surface area (Å²) in [4.78, 5) is 15.2. The molecule has 100 valence electrons. The second-order valence-electron chi connectivity index (χ2n) is 3.68. The van der Waals surface area contributed by atoms with Crippen LogP contribution < -0.4 is 4.72 Å². The summed E-state index contributed by atoms with van der Waals surface area (Å²) >= 11 is 0. The minimum Gasteiger partial charge on any atom is -0.449 e. The zero-order chi connectivity index (χ0) is 13.9. The quantitative estimate of drug-likeness (QED) is 0.924. The standard InChI is InChI=1S/C12H12N2O4S/c1-2-18-12(15)14-19(16,17)11-5-3-4-9-8-13-7-6-10(9)11/h3-8H,2H2,1H3,(H,14,15). The van der Waals surface area contributed by atoms with Gasteiger partial charge in [-0.25, -0.2) is 17.9 Å². The Labute approximate surface area is 110 Å². The predicted octanol–water partition coefficient (Wildman–Crippen LogP) is 1.67. The van der Waals surface area contributed by atoms with E-state index in [1.165, 1.54) is 12.3 Å². The Kier molecular flexibility index (Phi) is 3.66. The average Bonchev–Trinajstić information content (AvgIpc) is 2.37. The number of aromatic nitrogens is 1. The van der Waals surface area contributed by atoms with Gasteiger partial charge in [0, 0.05) is 23.2 Å². The van der Waals surface area contributed by atoms with Crippen molar-refractivity contribution in [2.75, 3.05) is 6.61 Å². The molecular formula is C12H12N2O4S. The van der Waals surface area contributed by atoms with Crippen molar-refractivity contribution in [3.8, 4) is 0 Å². The molecule has 0 unspecified atom stereocenters. The third-order valence-corrected chi connectivity index (χ3v) is 3.79. The third-order valence-electron chi connectivity index (χ3n) is 2.42. The zero-order valence-electron chi connectivity index (χ0n) is 10.2. The summed E-state index contributed by atoms with van der Waals surface area (Å²) in [6.45, 7) is 1.69. The molecular weight excluding hydrogens is 268 g/mol. The Morgan fingerprint density at radius 1 is 1.37 bits per heavy atom. The monoisotopic (exact) mass is 280 g/mol. The minimum absolute atomic E-state index is 0.0143. The van der Waals surface area contributed by atoms with Crippen LogP contribution in [0.3, 0.4) is 0 Å². The van der Waals surface area contributed by atoms with E-state index in [1.54, 1.807) is 31.3 Å². The van der Waals surface area contributed by atoms with E-state index in [4.69, 9.17) is 0 Å². The average molecular weight is 280 g/mol. The van der Waals surface area contributed by atoms with Crippen molar-refractivity contribution in [1.82, 2.24) is 9.71 Å². The van der Waals surface area contributed by atoms with Crippen LogP contribution in [0.2, 0.25) is 0 Å². The van der Waals surface area contributed by atoms with Crippen molar-refractivity contribution < 1.29 is 17.9 Å². The number of pyridine rings is 1. The first kappa shape index (κ1) is 13.3. The highest BCUT2D eigenvalue weighted by Gasteiger charge is 2.20. The van der Waals surface area contributed by atoms with Crippen molar-refractivity contribution in [3.63, 3.8) is 0 Å². The largest absolute Gasteiger partial charge is 0.449 e. The van der Waals surface area contributed by atoms with Gasteiger partial charge >= 0.3 is 6.09 Å². The van der Waals surface area contributed by atoms with Crippen molar-refractivity contribution in [3.05, 3.63) is 36.7 Å². The van der Waals surface area contributed by atoms with Crippen LogP contribution in [0.15, 0.2) is 41.6 Å². The van der Waals surface area contributed by atoms with Crippen LogP contribution in [0.5, 0.6) is 0 Å². The molecule has 2 rings (SSSR count). The molecule has 0 aliphatic carbocycles. The Morgan fingerprint density at radius 3 is 2.89 bits per heavy atom. The number of ether oxygens (including phenoxy) is 1. The number of nitrogens with one attached hydrogen (secondary N) is 1. The lowest BCUT2D eigenvalue weighted by Gasteiger charge is -2.09. The Balaban J connectivity index is 2.46. The van der Waals surface area contributed by atoms with Crippen LogP contribution >= 0.6 is 0 Å². The Hall–Kier alpha value is -2.15. The summed E-state index contributed by atoms with van der Waals surface area (Å²) in [6, 6.07) is 6.33. The van der Waals surface area contributed by atoms with Gasteiger partial charge in [-0.1, -0.05) is 12.1 Å². The SMILES string of the molecule is CCOC(=O)NS(=O)(=O)c1cccc2cnccc12. The van der Waals surface area contributed by atoms with Crippen molar-refractivity contribution >= 4 is 26.9 Å². The summed E-state index contributed by atoms with van der Waals surface area (Å²) in [7, 11) is -3.96. The van der Waals surface area contributed by atoms with Crippen molar-refractivity contribution in [1.29, 1.82) is 0 Å². The van der Waals surface area contributed by atoms with E-state index >= 15 is 0 Å². The smallest absolute Gasteiger partial charge is 0.421 e. The molecule has 0 aliphatic heterocycles. The number of hydrogen-bond acceptors (Lipinski definition) is 5. The molecule has 1 aromatic carbocycles. The molecule has 2 aromatic rings. The van der Waals surface area contributed by atoms with E-state index in [0.29, 0.717) is 10.8 Å². The van der Waals surface area contributed by atoms with E-state index < -0.39 is 16.1 Å². The molecule has 1 heterocycles. The van der Waals surface area contributed by atoms with E-state index in [1.807, 2.05) is 4.72 Å². The fourth-order valence-electron chi connectivity index (χ4n) is 1.65. The molecule has 1 amide bonds. The molecule has 7 heteroatoms. The lowest BCUT2D eigenvalue weighted by atomic mass is 10.2. The van der Waals surface area contributed by atoms with Gasteiger partial charge < -0.3 is 4.74 Å². The van der Waals surface area contributed by atoms with Crippen LogP contribution in [0, 0.1) is 0 Å². The van der Waals surface area contributed by atoms with E-state index in [2.05, 4.69) is 9.72 Å². The molecule has 0 saturated carbocycles. The normalized spacial score (nSPS) is 11.2. The molecule has 0 bridgehead atoms. The molecule has 0 atom stereocenters. The second-order valence-corrected chi connectivity index (χ2v) is 5.33. The first-order valence-corrected chi connectivity index (χ1v) is 7.05. The van der Waals surface area contributed by atoms with Gasteiger partial charge in [-0.2, -0.15) is 0 Å². The minimum atomic E-state index is -3.96. The summed E-state index contributed by atoms with van der Waals surface area (Å²) in [6.07, 6.45) is 2.05. The highest BCUT2D eigenvalue weighted by Crippen LogP contribution is 2.21. The number of amides is 1. The van der Waals surface area contributed by atoms with Crippen molar-refractivity contribution in [2.45, 2.75) is 11.8 Å². The summed E-state index contributed by atoms with van der Waals surface area (Å²) < 4.78 is 30.6. The van der Waals surface area contributed by atoms with Crippen LogP contribution in [-0.2, 0) is 14.8 Å². The van der Waals surface area contributed by atoms with Gasteiger partial charge in [-0.05, 0) is 19.1 Å². The zero-order valence-corrected chi connectivity index (χ0v) is 11.0. The molecule has 1 aromatic heterocycles. The fraction of sp³-hybridized carbons (Fsp3) is 0.167. The molecule has 6 nitrogen and oxygen atoms in total. The van der Waals surface area contributed by atoms with Gasteiger partial charge in [0.15, 0.2) is 0 Å². The highest BCUT2D eigenvalue weighted by atomic mass is 32.2. The number of fused-ring (bicyclic) bond motifs is 1. The van der Waals surface area contributed by atoms with Gasteiger partial charge in [0.25, 0.3) is 10.0 Å². The summed E-state index contributed by atoms with van der Waals surface area (Å²) in [5.41, 5.74) is 0. The number of sulfonamides is 1. The molecule has 1 N–H and O–H groups in total. The molecule has 0 aliphatic rings. The third kappa shape index (κ3) is 2.82. The van der Waals surface area contributed by atoms with Crippen molar-refractivity contribution in [2.24, 2.45) is 0 Å². The van der Waals surface area contributed by atoms with Crippen LogP contribution in [-0.4, -0.2) is 26.1 Å². The maximum absolute atomic E-state index is 12.1. The van der Waals surface area contributed by atoms with Crippen LogP contribution in [0.25, 0.3) is 10.8 Å². The molecule has 19 heavy (non-hydrogen) atoms. The number of hydrogen-bond donors (Lipinski definition) is 1. The number of nitrogens with zero attached hydrogens (tertiary/aromatic N) is 1. The maximum atomic E-state index is 12.1. The lowest BCUT2D eigenvalue weighted by Crippen LogP contribution is -2.31. The van der Waals surface area contributed by atoms with Gasteiger partial charge in [0.05, 0.1) is 11.5 Å². The predicted molar refractivity (Wildman–Crippen MR) is 69.1 cm³/mol. The molecule has 0 saturated heterocycles. The maximum Gasteiger partial charge on any atom is 0.421 e. The first-order valence-electron chi connectivity index (χ1n) is 5.57. The van der Waals surface area contributed by atoms with E-state index in [-0.39, 0.29) is 11.5 Å². The highest BCUT2D eigenvalue weighted by molar-refractivity contribution is 7.90. The van der Waals surface area contributed by atoms with Crippen LogP contribution in [0.4, 0.5) is 4.79 Å². The number of carbonyl (C=O) groups excluding carboxylic acids is 1. The van der Waals surface area contributed by atoms with E-state index in [9.17, 15) is 13.2 Å². The molecule has 0 radical (unpaired) electrons. The van der Waals surface area contributed by atoms with E-state index in [0.717, 1.165) is 0 Å². The molecule has 0 spiro atoms. The summed E-state index contributed by atoms with van der Waals surface area (Å²) in [5.74, 6) is 0. The fourth-order valence-corrected chi connectivity index (χ4v) is 2.77. The number of carbonyl (C=O) groups is 1. The van der Waals surface area contributed by atoms with Gasteiger partial charge in [-0.3, -0.25) is 4.98 Å². The number of benzene rings is 1. The molecule has 0 fully saturated rings. The number of rotatable bonds is 3. The first-order chi connectivity index (χ1) is 9.04. The van der Waals surface area contributed by atoms with Gasteiger partial charge in [-0.15, -0.1) is 0 Å². The lowest BCUT2D eigenvalue weighted by molar-refractivity contribution is 0.158. The topological polar surface area (TPSA) is 85.4 Å². The Bertz CT molecular complexity index is 707. The van der Waals surface area contributed by atoms with Gasteiger partial charge in [0.2, 0.25) is 0 Å². The van der Waals surface area contributed by atoms with Gasteiger partial charge in [0.1, 0.15) is 0 Å². The van der Waals surface area contributed by atoms with Crippen LogP contribution in [0.1, 0.15) is 6.92 Å². The summed E-state index contributed by atoms with van der Waals surface area (Å²) in [5, 5.41) is 1.17. The Morgan fingerprint density at radius 2 is 2.16 bits per heavy atom. The second kappa shape index (κ2) is 5.23.